The molecule has 0 aliphatic carbocycles. The normalized spacial score (nSPS) is 8.59. The van der Waals surface area contributed by atoms with Crippen molar-refractivity contribution in [1.29, 1.82) is 0 Å². The molecule has 0 spiro atoms. The number of ether oxygens (including phenoxy) is 2. The number of rotatable bonds is 2. The van der Waals surface area contributed by atoms with Gasteiger partial charge in [-0.1, -0.05) is 11.5 Å². The third kappa shape index (κ3) is 4.60. The van der Waals surface area contributed by atoms with E-state index in [9.17, 15) is 19.8 Å². The number of hydrogen-bond acceptors (Lipinski definition) is 6. The average molecular weight is 291 g/mol. The first-order valence-corrected chi connectivity index (χ1v) is 3.79. The van der Waals surface area contributed by atoms with Gasteiger partial charge in [0.2, 0.25) is 0 Å². The molecule has 82 valence electrons. The largest absolute Gasteiger partial charge is 1.00 e. The van der Waals surface area contributed by atoms with Crippen LogP contribution in [0.25, 0.3) is 0 Å². The van der Waals surface area contributed by atoms with Crippen molar-refractivity contribution in [1.82, 2.24) is 4.98 Å². The molecule has 0 aliphatic rings. The fourth-order valence-electron chi connectivity index (χ4n) is 0.957. The molecule has 0 amide bonds. The van der Waals surface area contributed by atoms with Crippen molar-refractivity contribution in [2.75, 3.05) is 14.2 Å². The number of methoxy groups -OCH3 is 2. The van der Waals surface area contributed by atoms with E-state index in [-0.39, 0.29) is 103 Å². The van der Waals surface area contributed by atoms with Crippen LogP contribution in [0.2, 0.25) is 0 Å². The summed E-state index contributed by atoms with van der Waals surface area (Å²) >= 11 is 0. The number of hydrogen-bond donors (Lipinski definition) is 1. The van der Waals surface area contributed by atoms with Crippen LogP contribution in [0.5, 0.6) is 11.5 Å². The number of carbonyl (C=O) groups excluding carboxylic acids is 2. The molecule has 0 aliphatic heterocycles. The first kappa shape index (κ1) is 20.4. The molecule has 0 atom stereocenters. The topological polar surface area (TPSA) is 115 Å². The van der Waals surface area contributed by atoms with Crippen molar-refractivity contribution < 1.29 is 132 Å². The van der Waals surface area contributed by atoms with E-state index in [4.69, 9.17) is 0 Å². The second-order valence-electron chi connectivity index (χ2n) is 2.52. The average Bonchev–Trinajstić information content (AvgIpc) is 2.54. The van der Waals surface area contributed by atoms with Gasteiger partial charge in [0.15, 0.2) is 0 Å². The summed E-state index contributed by atoms with van der Waals surface area (Å²) in [7, 11) is 2.09. The van der Waals surface area contributed by atoms with Gasteiger partial charge in [0, 0.05) is 0 Å². The van der Waals surface area contributed by atoms with Gasteiger partial charge in [-0.2, -0.15) is 0 Å². The van der Waals surface area contributed by atoms with Gasteiger partial charge in [0.05, 0.1) is 14.2 Å². The van der Waals surface area contributed by atoms with Crippen molar-refractivity contribution in [3.05, 3.63) is 11.4 Å². The first-order valence-electron chi connectivity index (χ1n) is 3.79. The monoisotopic (exact) mass is 291 g/mol. The minimum Gasteiger partial charge on any atom is -0.871 e. The maximum atomic E-state index is 11.2. The summed E-state index contributed by atoms with van der Waals surface area (Å²) in [6, 6.07) is 0. The Bertz CT molecular complexity index is 380. The van der Waals surface area contributed by atoms with Crippen LogP contribution >= 0.6 is 0 Å². The number of H-pyrrole nitrogens is 1. The Kier molecular flexibility index (Phi) is 10.9. The van der Waals surface area contributed by atoms with Crippen LogP contribution in [0.1, 0.15) is 21.0 Å². The second-order valence-corrected chi connectivity index (χ2v) is 2.52. The third-order valence-electron chi connectivity index (χ3n) is 1.69. The van der Waals surface area contributed by atoms with Crippen LogP contribution in [-0.4, -0.2) is 31.1 Å². The molecule has 9 heteroatoms. The van der Waals surface area contributed by atoms with Crippen molar-refractivity contribution in [2.45, 2.75) is 0 Å². The second kappa shape index (κ2) is 9.07. The van der Waals surface area contributed by atoms with E-state index in [1.807, 2.05) is 0 Å². The molecule has 0 aromatic carbocycles. The Balaban J connectivity index is 0. The van der Waals surface area contributed by atoms with Gasteiger partial charge in [0.1, 0.15) is 11.4 Å². The zero-order valence-corrected chi connectivity index (χ0v) is 16.2. The molecule has 7 nitrogen and oxygen atoms in total. The quantitative estimate of drug-likeness (QED) is 0.428. The van der Waals surface area contributed by atoms with E-state index < -0.39 is 34.8 Å². The molecule has 0 unspecified atom stereocenters. The zero-order valence-electron chi connectivity index (χ0n) is 9.95. The number of aromatic amines is 1. The minimum absolute atomic E-state index is 0. The number of nitrogens with one attached hydrogen (secondary N) is 1. The molecular weight excluding hydrogens is 284 g/mol. The molecule has 0 saturated heterocycles. The predicted octanol–water partition coefficient (Wildman–Crippen LogP) is -7.26. The summed E-state index contributed by atoms with van der Waals surface area (Å²) in [6.07, 6.45) is 0. The van der Waals surface area contributed by atoms with Gasteiger partial charge in [0.25, 0.3) is 0 Å². The molecule has 1 aromatic rings. The van der Waals surface area contributed by atoms with Gasteiger partial charge in [-0.25, -0.2) is 9.59 Å². The van der Waals surface area contributed by atoms with E-state index in [1.54, 1.807) is 0 Å². The zero-order chi connectivity index (χ0) is 11.6. The van der Waals surface area contributed by atoms with E-state index in [0.29, 0.717) is 0 Å². The van der Waals surface area contributed by atoms with Crippen LogP contribution in [0.3, 0.4) is 0 Å². The summed E-state index contributed by atoms with van der Waals surface area (Å²) in [5, 5.41) is 22.3. The number of aromatic nitrogens is 1. The molecule has 0 bridgehead atoms. The summed E-state index contributed by atoms with van der Waals surface area (Å²) in [4.78, 5) is 24.0. The van der Waals surface area contributed by atoms with Crippen LogP contribution in [0.15, 0.2) is 0 Å². The van der Waals surface area contributed by atoms with E-state index >= 15 is 0 Å². The molecule has 17 heavy (non-hydrogen) atoms. The van der Waals surface area contributed by atoms with Crippen molar-refractivity contribution in [3.8, 4) is 11.5 Å². The Morgan fingerprint density at radius 1 is 0.941 bits per heavy atom. The molecule has 1 aromatic heterocycles. The van der Waals surface area contributed by atoms with Crippen molar-refractivity contribution in [3.63, 3.8) is 0 Å². The first-order chi connectivity index (χ1) is 7.02. The summed E-state index contributed by atoms with van der Waals surface area (Å²) in [5.41, 5.74) is -1.16. The Labute approximate surface area is 182 Å². The van der Waals surface area contributed by atoms with Crippen LogP contribution in [-0.2, 0) is 9.47 Å². The molecule has 0 radical (unpaired) electrons. The SMILES string of the molecule is COC(=O)c1[nH]c(C(=O)OC)c([O-])c1[O-].[K+].[K+]. The number of esters is 2. The molecule has 1 rings (SSSR count). The Hall–Kier alpha value is 1.09. The van der Waals surface area contributed by atoms with Gasteiger partial charge in [-0.3, -0.25) is 0 Å². The number of carbonyl (C=O) groups is 2. The molecule has 1 heterocycles. The van der Waals surface area contributed by atoms with Crippen LogP contribution in [0.4, 0.5) is 0 Å². The third-order valence-corrected chi connectivity index (χ3v) is 1.69. The van der Waals surface area contributed by atoms with Gasteiger partial charge in [-0.15, -0.1) is 0 Å². The Morgan fingerprint density at radius 2 is 1.24 bits per heavy atom. The summed E-state index contributed by atoms with van der Waals surface area (Å²) < 4.78 is 8.48. The standard InChI is InChI=1S/C8H9NO6.2K/c1-14-7(12)3-5(10)6(11)4(9-3)8(13)15-2;;/h9-11H,1-2H3;;/q;2*+1/p-2. The van der Waals surface area contributed by atoms with Crippen molar-refractivity contribution in [2.24, 2.45) is 0 Å². The molecule has 0 fully saturated rings. The smallest absolute Gasteiger partial charge is 0.871 e. The molecule has 0 saturated carbocycles. The van der Waals surface area contributed by atoms with Crippen molar-refractivity contribution >= 4 is 11.9 Å². The van der Waals surface area contributed by atoms with Gasteiger partial charge in [-0.05, 0) is 0 Å². The minimum atomic E-state index is -1.11. The fraction of sp³-hybridized carbons (Fsp3) is 0.250. The van der Waals surface area contributed by atoms with E-state index in [1.165, 1.54) is 0 Å². The fourth-order valence-corrected chi connectivity index (χ4v) is 0.957. The van der Waals surface area contributed by atoms with E-state index in [0.717, 1.165) is 14.2 Å². The maximum Gasteiger partial charge on any atom is 1.00 e. The van der Waals surface area contributed by atoms with Gasteiger partial charge >= 0.3 is 115 Å². The van der Waals surface area contributed by atoms with Crippen LogP contribution < -0.4 is 113 Å². The summed E-state index contributed by atoms with van der Waals surface area (Å²) in [5.74, 6) is -4.23. The molecular formula is C8H7K2NO6. The predicted molar refractivity (Wildman–Crippen MR) is 42.4 cm³/mol. The Morgan fingerprint density at radius 3 is 1.47 bits per heavy atom. The maximum absolute atomic E-state index is 11.2. The van der Waals surface area contributed by atoms with Crippen LogP contribution in [0, 0.1) is 0 Å². The molecule has 1 N–H and O–H groups in total. The van der Waals surface area contributed by atoms with Gasteiger partial charge < -0.3 is 24.7 Å². The van der Waals surface area contributed by atoms with E-state index in [2.05, 4.69) is 14.5 Å². The summed E-state index contributed by atoms with van der Waals surface area (Å²) in [6.45, 7) is 0.